The van der Waals surface area contributed by atoms with Gasteiger partial charge in [-0.25, -0.2) is 9.97 Å². The van der Waals surface area contributed by atoms with Crippen molar-refractivity contribution in [2.24, 2.45) is 0 Å². The first kappa shape index (κ1) is 38.2. The van der Waals surface area contributed by atoms with Crippen molar-refractivity contribution in [3.8, 4) is 0 Å². The summed E-state index contributed by atoms with van der Waals surface area (Å²) in [6.45, 7) is 10.2. The van der Waals surface area contributed by atoms with Crippen LogP contribution in [0.3, 0.4) is 0 Å². The van der Waals surface area contributed by atoms with Crippen LogP contribution < -0.4 is 10.6 Å². The lowest BCUT2D eigenvalue weighted by atomic mass is 9.83. The molecule has 62 heavy (non-hydrogen) atoms. The molecule has 0 bridgehead atoms. The SMILES string of the molecule is c1ccc2cc(C3CNCC3c3nc4ccccc4n3C3CCN(Cc4cnc5ccccc5c4)CC3)c(CN3CCC(n4c(C5CCNC5)nc5ccccc54)CC3)cc2c1. The maximum Gasteiger partial charge on any atom is 0.115 e. The molecule has 4 fully saturated rings. The number of aromatic nitrogens is 5. The van der Waals surface area contributed by atoms with E-state index in [9.17, 15) is 0 Å². The van der Waals surface area contributed by atoms with E-state index >= 15 is 0 Å². The zero-order valence-electron chi connectivity index (χ0n) is 35.7. The number of fused-ring (bicyclic) bond motifs is 4. The summed E-state index contributed by atoms with van der Waals surface area (Å²) < 4.78 is 5.31. The molecule has 3 aromatic heterocycles. The van der Waals surface area contributed by atoms with E-state index in [1.807, 2.05) is 0 Å². The van der Waals surface area contributed by atoms with Gasteiger partial charge in [0.1, 0.15) is 11.6 Å². The van der Waals surface area contributed by atoms with Gasteiger partial charge in [0, 0.05) is 100 Å². The summed E-state index contributed by atoms with van der Waals surface area (Å²) in [5.41, 5.74) is 10.2. The van der Waals surface area contributed by atoms with Gasteiger partial charge in [0.15, 0.2) is 0 Å². The van der Waals surface area contributed by atoms with Crippen LogP contribution in [0.25, 0.3) is 43.7 Å². The third kappa shape index (κ3) is 7.09. The molecule has 0 spiro atoms. The number of benzene rings is 5. The van der Waals surface area contributed by atoms with Crippen molar-refractivity contribution in [2.45, 2.75) is 75.0 Å². The number of nitrogens with one attached hydrogen (secondary N) is 2. The van der Waals surface area contributed by atoms with Gasteiger partial charge in [-0.15, -0.1) is 0 Å². The number of pyridine rings is 1. The van der Waals surface area contributed by atoms with E-state index < -0.39 is 0 Å². The van der Waals surface area contributed by atoms with Crippen LogP contribution in [0.4, 0.5) is 0 Å². The fraction of sp³-hybridized carbons (Fsp3) is 0.377. The summed E-state index contributed by atoms with van der Waals surface area (Å²) in [6, 6.07) is 43.4. The minimum atomic E-state index is 0.285. The largest absolute Gasteiger partial charge is 0.324 e. The molecule has 0 aliphatic carbocycles. The van der Waals surface area contributed by atoms with Crippen molar-refractivity contribution in [1.29, 1.82) is 0 Å². The van der Waals surface area contributed by atoms with Gasteiger partial charge in [-0.1, -0.05) is 72.8 Å². The monoisotopic (exact) mass is 819 g/mol. The quantitative estimate of drug-likeness (QED) is 0.150. The highest BCUT2D eigenvalue weighted by atomic mass is 15.2. The molecule has 9 heteroatoms. The number of para-hydroxylation sites is 5. The van der Waals surface area contributed by atoms with Crippen LogP contribution in [-0.4, -0.2) is 86.2 Å². The fourth-order valence-electron chi connectivity index (χ4n) is 11.8. The topological polar surface area (TPSA) is 79.1 Å². The zero-order chi connectivity index (χ0) is 41.0. The van der Waals surface area contributed by atoms with Gasteiger partial charge in [-0.2, -0.15) is 0 Å². The molecule has 3 unspecified atom stereocenters. The second-order valence-electron chi connectivity index (χ2n) is 18.7. The zero-order valence-corrected chi connectivity index (χ0v) is 35.7. The summed E-state index contributed by atoms with van der Waals surface area (Å²) >= 11 is 0. The third-order valence-corrected chi connectivity index (χ3v) is 14.9. The third-order valence-electron chi connectivity index (χ3n) is 14.9. The van der Waals surface area contributed by atoms with E-state index in [0.717, 1.165) is 108 Å². The highest BCUT2D eigenvalue weighted by Crippen LogP contribution is 2.43. The van der Waals surface area contributed by atoms with Crippen molar-refractivity contribution in [3.05, 3.63) is 150 Å². The van der Waals surface area contributed by atoms with Gasteiger partial charge >= 0.3 is 0 Å². The fourth-order valence-corrected chi connectivity index (χ4v) is 11.8. The Kier molecular flexibility index (Phi) is 10.1. The minimum Gasteiger partial charge on any atom is -0.324 e. The molecule has 5 aromatic carbocycles. The molecule has 4 aliphatic heterocycles. The van der Waals surface area contributed by atoms with Crippen molar-refractivity contribution in [3.63, 3.8) is 0 Å². The molecule has 7 heterocycles. The van der Waals surface area contributed by atoms with E-state index in [-0.39, 0.29) is 5.92 Å². The Morgan fingerprint density at radius 1 is 0.516 bits per heavy atom. The second-order valence-corrected chi connectivity index (χ2v) is 18.7. The van der Waals surface area contributed by atoms with E-state index in [1.54, 1.807) is 0 Å². The second kappa shape index (κ2) is 16.3. The van der Waals surface area contributed by atoms with E-state index in [0.29, 0.717) is 23.9 Å². The van der Waals surface area contributed by atoms with Gasteiger partial charge in [0.25, 0.3) is 0 Å². The lowest BCUT2D eigenvalue weighted by Crippen LogP contribution is -2.35. The molecule has 3 atom stereocenters. The number of hydrogen-bond donors (Lipinski definition) is 2. The predicted octanol–water partition coefficient (Wildman–Crippen LogP) is 9.31. The Morgan fingerprint density at radius 2 is 1.10 bits per heavy atom. The lowest BCUT2D eigenvalue weighted by Gasteiger charge is -2.35. The van der Waals surface area contributed by atoms with Crippen LogP contribution in [0, 0.1) is 0 Å². The number of piperidine rings is 2. The number of imidazole rings is 2. The Morgan fingerprint density at radius 3 is 1.79 bits per heavy atom. The predicted molar refractivity (Wildman–Crippen MR) is 251 cm³/mol. The molecule has 12 rings (SSSR count). The van der Waals surface area contributed by atoms with Crippen LogP contribution in [0.2, 0.25) is 0 Å². The van der Waals surface area contributed by atoms with Crippen molar-refractivity contribution in [1.82, 2.24) is 44.5 Å². The molecule has 4 saturated heterocycles. The van der Waals surface area contributed by atoms with Crippen LogP contribution >= 0.6 is 0 Å². The minimum absolute atomic E-state index is 0.285. The number of hydrogen-bond acceptors (Lipinski definition) is 7. The van der Waals surface area contributed by atoms with Gasteiger partial charge in [0.05, 0.1) is 27.6 Å². The van der Waals surface area contributed by atoms with Gasteiger partial charge < -0.3 is 19.8 Å². The summed E-state index contributed by atoms with van der Waals surface area (Å²) in [7, 11) is 0. The number of rotatable bonds is 9. The first-order chi connectivity index (χ1) is 30.7. The van der Waals surface area contributed by atoms with Crippen LogP contribution in [0.15, 0.2) is 121 Å². The summed E-state index contributed by atoms with van der Waals surface area (Å²) in [5, 5.41) is 11.4. The number of nitrogens with zero attached hydrogens (tertiary/aromatic N) is 7. The molecular weight excluding hydrogens is 763 g/mol. The highest BCUT2D eigenvalue weighted by Gasteiger charge is 2.38. The number of likely N-dealkylation sites (tertiary alicyclic amines) is 2. The van der Waals surface area contributed by atoms with Gasteiger partial charge in [0.2, 0.25) is 0 Å². The van der Waals surface area contributed by atoms with Gasteiger partial charge in [-0.05, 0) is 109 Å². The molecule has 2 N–H and O–H groups in total. The van der Waals surface area contributed by atoms with Crippen LogP contribution in [-0.2, 0) is 13.1 Å². The van der Waals surface area contributed by atoms with Gasteiger partial charge in [-0.3, -0.25) is 14.8 Å². The van der Waals surface area contributed by atoms with Crippen molar-refractivity contribution in [2.75, 3.05) is 52.4 Å². The van der Waals surface area contributed by atoms with E-state index in [2.05, 4.69) is 151 Å². The first-order valence-electron chi connectivity index (χ1n) is 23.4. The molecule has 8 aromatic rings. The Bertz CT molecular complexity index is 2870. The smallest absolute Gasteiger partial charge is 0.115 e. The highest BCUT2D eigenvalue weighted by molar-refractivity contribution is 5.84. The maximum atomic E-state index is 5.54. The molecule has 9 nitrogen and oxygen atoms in total. The van der Waals surface area contributed by atoms with Crippen molar-refractivity contribution < 1.29 is 0 Å². The van der Waals surface area contributed by atoms with Crippen LogP contribution in [0.1, 0.15) is 90.3 Å². The average molecular weight is 820 g/mol. The van der Waals surface area contributed by atoms with Crippen molar-refractivity contribution >= 4 is 43.7 Å². The molecule has 0 radical (unpaired) electrons. The molecular formula is C53H57N9. The lowest BCUT2D eigenvalue weighted by molar-refractivity contribution is 0.178. The molecule has 314 valence electrons. The van der Waals surface area contributed by atoms with E-state index in [4.69, 9.17) is 15.0 Å². The summed E-state index contributed by atoms with van der Waals surface area (Å²) in [6.07, 6.45) is 7.76. The molecule has 4 aliphatic rings. The normalized spacial score (nSPS) is 22.2. The summed E-state index contributed by atoms with van der Waals surface area (Å²) in [5.74, 6) is 3.67. The molecule has 0 amide bonds. The summed E-state index contributed by atoms with van der Waals surface area (Å²) in [4.78, 5) is 20.9. The van der Waals surface area contributed by atoms with Crippen LogP contribution in [0.5, 0.6) is 0 Å². The Balaban J connectivity index is 0.812. The Hall–Kier alpha value is -5.45. The maximum absolute atomic E-state index is 5.54. The average Bonchev–Trinajstić information content (AvgIpc) is 4.16. The standard InChI is InChI=1S/C53H57N9/c1-2-10-38-29-44(41(28-37(38)9-1)35-60-25-20-42(21-26-60)61-50-15-7-5-13-48(50)57-52(61)40-17-22-54-31-40)45-32-55-33-46(45)53-58-49-14-6-8-16-51(49)62(53)43-18-23-59(24-19-43)34-36-27-39-11-3-4-12-47(39)56-30-36/h1-16,27-30,40,42-43,45-46,54-55H,17-26,31-35H2. The first-order valence-corrected chi connectivity index (χ1v) is 23.4. The van der Waals surface area contributed by atoms with E-state index in [1.165, 1.54) is 62.0 Å². The Labute approximate surface area is 364 Å². The molecule has 0 saturated carbocycles.